The molecular formula is C21H33N3O. The van der Waals surface area contributed by atoms with E-state index < -0.39 is 0 Å². The highest BCUT2D eigenvalue weighted by molar-refractivity contribution is 5.10. The summed E-state index contributed by atoms with van der Waals surface area (Å²) in [4.78, 5) is 9.66. The fourth-order valence-corrected chi connectivity index (χ4v) is 4.88. The van der Waals surface area contributed by atoms with Gasteiger partial charge in [0.15, 0.2) is 0 Å². The van der Waals surface area contributed by atoms with Crippen molar-refractivity contribution in [3.05, 3.63) is 30.1 Å². The maximum absolute atomic E-state index is 5.83. The van der Waals surface area contributed by atoms with Crippen molar-refractivity contribution in [1.29, 1.82) is 0 Å². The molecule has 4 heteroatoms. The van der Waals surface area contributed by atoms with E-state index in [0.29, 0.717) is 11.6 Å². The lowest BCUT2D eigenvalue weighted by Crippen LogP contribution is -2.55. The lowest BCUT2D eigenvalue weighted by atomic mass is 9.84. The summed E-state index contributed by atoms with van der Waals surface area (Å²) in [6.45, 7) is 8.75. The molecule has 4 nitrogen and oxygen atoms in total. The number of nitrogens with zero attached hydrogens (tertiary/aromatic N) is 3. The van der Waals surface area contributed by atoms with E-state index >= 15 is 0 Å². The molecule has 138 valence electrons. The Kier molecular flexibility index (Phi) is 5.39. The van der Waals surface area contributed by atoms with Crippen molar-refractivity contribution in [2.75, 3.05) is 32.8 Å². The van der Waals surface area contributed by atoms with E-state index in [1.165, 1.54) is 63.7 Å². The second-order valence-electron chi connectivity index (χ2n) is 8.30. The lowest BCUT2D eigenvalue weighted by Gasteiger charge is -2.47. The van der Waals surface area contributed by atoms with Crippen LogP contribution < -0.4 is 0 Å². The van der Waals surface area contributed by atoms with Gasteiger partial charge in [-0.15, -0.1) is 0 Å². The van der Waals surface area contributed by atoms with Crippen molar-refractivity contribution < 1.29 is 4.74 Å². The number of aromatic nitrogens is 1. The van der Waals surface area contributed by atoms with Gasteiger partial charge in [-0.1, -0.05) is 0 Å². The Hall–Kier alpha value is -0.970. The highest BCUT2D eigenvalue weighted by atomic mass is 16.5. The van der Waals surface area contributed by atoms with Crippen LogP contribution >= 0.6 is 0 Å². The molecule has 0 N–H and O–H groups in total. The standard InChI is InChI=1S/C21H33N3O/c1-2-25-17-20-5-8-21(24(20)16-18-3-4-18)9-13-23(14-10-21)15-19-6-11-22-12-7-19/h6-7,11-12,18,20H,2-5,8-10,13-17H2,1H3/t20-/m1/s1. The van der Waals surface area contributed by atoms with E-state index in [1.54, 1.807) is 0 Å². The maximum Gasteiger partial charge on any atom is 0.0621 e. The minimum Gasteiger partial charge on any atom is -0.380 e. The van der Waals surface area contributed by atoms with Gasteiger partial charge in [0, 0.05) is 56.8 Å². The summed E-state index contributed by atoms with van der Waals surface area (Å²) >= 11 is 0. The fourth-order valence-electron chi connectivity index (χ4n) is 4.88. The molecule has 25 heavy (non-hydrogen) atoms. The molecule has 3 aliphatic rings. The topological polar surface area (TPSA) is 28.6 Å². The smallest absolute Gasteiger partial charge is 0.0621 e. The average molecular weight is 344 g/mol. The monoisotopic (exact) mass is 343 g/mol. The molecule has 0 unspecified atom stereocenters. The van der Waals surface area contributed by atoms with E-state index in [4.69, 9.17) is 4.74 Å². The van der Waals surface area contributed by atoms with E-state index in [0.717, 1.165) is 25.7 Å². The normalized spacial score (nSPS) is 27.2. The van der Waals surface area contributed by atoms with Gasteiger partial charge in [0.2, 0.25) is 0 Å². The molecule has 1 atom stereocenters. The highest BCUT2D eigenvalue weighted by Gasteiger charge is 2.48. The molecule has 0 aromatic carbocycles. The Morgan fingerprint density at radius 3 is 2.56 bits per heavy atom. The Balaban J connectivity index is 1.37. The van der Waals surface area contributed by atoms with E-state index in [-0.39, 0.29) is 0 Å². The molecule has 1 spiro atoms. The molecule has 2 saturated heterocycles. The van der Waals surface area contributed by atoms with Crippen LogP contribution in [-0.2, 0) is 11.3 Å². The average Bonchev–Trinajstić information content (AvgIpc) is 3.41. The summed E-state index contributed by atoms with van der Waals surface area (Å²) in [7, 11) is 0. The summed E-state index contributed by atoms with van der Waals surface area (Å²) in [6.07, 6.45) is 12.1. The molecule has 0 radical (unpaired) electrons. The van der Waals surface area contributed by atoms with Gasteiger partial charge < -0.3 is 4.74 Å². The summed E-state index contributed by atoms with van der Waals surface area (Å²) in [5.41, 5.74) is 1.85. The number of rotatable bonds is 7. The first-order valence-corrected chi connectivity index (χ1v) is 10.2. The molecule has 1 aromatic rings. The van der Waals surface area contributed by atoms with Crippen molar-refractivity contribution in [1.82, 2.24) is 14.8 Å². The second kappa shape index (κ2) is 7.73. The van der Waals surface area contributed by atoms with Crippen LogP contribution in [0.2, 0.25) is 0 Å². The molecule has 3 fully saturated rings. The Bertz CT molecular complexity index is 537. The number of likely N-dealkylation sites (tertiary alicyclic amines) is 2. The van der Waals surface area contributed by atoms with Crippen LogP contribution in [0, 0.1) is 5.92 Å². The molecule has 4 rings (SSSR count). The minimum absolute atomic E-state index is 0.457. The Labute approximate surface area is 152 Å². The Morgan fingerprint density at radius 1 is 1.12 bits per heavy atom. The molecule has 1 aromatic heterocycles. The Morgan fingerprint density at radius 2 is 1.88 bits per heavy atom. The third-order valence-electron chi connectivity index (χ3n) is 6.60. The first kappa shape index (κ1) is 17.4. The fraction of sp³-hybridized carbons (Fsp3) is 0.762. The second-order valence-corrected chi connectivity index (χ2v) is 8.30. The van der Waals surface area contributed by atoms with Gasteiger partial charge in [0.05, 0.1) is 6.61 Å². The van der Waals surface area contributed by atoms with Gasteiger partial charge in [-0.2, -0.15) is 0 Å². The third-order valence-corrected chi connectivity index (χ3v) is 6.60. The third kappa shape index (κ3) is 4.07. The van der Waals surface area contributed by atoms with Crippen molar-refractivity contribution in [2.45, 2.75) is 63.6 Å². The van der Waals surface area contributed by atoms with E-state index in [9.17, 15) is 0 Å². The van der Waals surface area contributed by atoms with Gasteiger partial charge >= 0.3 is 0 Å². The van der Waals surface area contributed by atoms with Crippen molar-refractivity contribution in [3.8, 4) is 0 Å². The molecule has 0 bridgehead atoms. The van der Waals surface area contributed by atoms with Crippen LogP contribution in [0.1, 0.15) is 51.0 Å². The zero-order valence-corrected chi connectivity index (χ0v) is 15.7. The van der Waals surface area contributed by atoms with Gasteiger partial charge in [-0.3, -0.25) is 14.8 Å². The number of piperidine rings is 1. The molecule has 0 amide bonds. The SMILES string of the molecule is CCOC[C@H]1CCC2(CCN(Cc3ccncc3)CC2)N1CC1CC1. The van der Waals surface area contributed by atoms with Crippen LogP contribution in [0.15, 0.2) is 24.5 Å². The maximum atomic E-state index is 5.83. The predicted octanol–water partition coefficient (Wildman–Crippen LogP) is 3.33. The molecule has 1 saturated carbocycles. The predicted molar refractivity (Wildman–Crippen MR) is 100 cm³/mol. The molecule has 3 heterocycles. The van der Waals surface area contributed by atoms with Crippen LogP contribution in [-0.4, -0.2) is 59.2 Å². The zero-order valence-electron chi connectivity index (χ0n) is 15.7. The number of pyridine rings is 1. The largest absolute Gasteiger partial charge is 0.380 e. The summed E-state index contributed by atoms with van der Waals surface area (Å²) in [5, 5.41) is 0. The number of ether oxygens (including phenoxy) is 1. The number of hydrogen-bond acceptors (Lipinski definition) is 4. The minimum atomic E-state index is 0.457. The summed E-state index contributed by atoms with van der Waals surface area (Å²) in [6, 6.07) is 4.96. The van der Waals surface area contributed by atoms with Crippen LogP contribution in [0.4, 0.5) is 0 Å². The molecular weight excluding hydrogens is 310 g/mol. The highest BCUT2D eigenvalue weighted by Crippen LogP contribution is 2.44. The zero-order chi connectivity index (χ0) is 17.1. The summed E-state index contributed by atoms with van der Waals surface area (Å²) < 4.78 is 5.83. The van der Waals surface area contributed by atoms with Gasteiger partial charge in [0.1, 0.15) is 0 Å². The van der Waals surface area contributed by atoms with Crippen molar-refractivity contribution >= 4 is 0 Å². The van der Waals surface area contributed by atoms with Crippen molar-refractivity contribution in [3.63, 3.8) is 0 Å². The van der Waals surface area contributed by atoms with Crippen LogP contribution in [0.5, 0.6) is 0 Å². The first-order chi connectivity index (χ1) is 12.3. The lowest BCUT2D eigenvalue weighted by molar-refractivity contribution is 0.000368. The first-order valence-electron chi connectivity index (χ1n) is 10.2. The van der Waals surface area contributed by atoms with Gasteiger partial charge in [-0.25, -0.2) is 0 Å². The van der Waals surface area contributed by atoms with Crippen LogP contribution in [0.3, 0.4) is 0 Å². The molecule has 1 aliphatic carbocycles. The quantitative estimate of drug-likeness (QED) is 0.759. The number of hydrogen-bond donors (Lipinski definition) is 0. The van der Waals surface area contributed by atoms with Crippen molar-refractivity contribution in [2.24, 2.45) is 5.92 Å². The summed E-state index contributed by atoms with van der Waals surface area (Å²) in [5.74, 6) is 0.967. The van der Waals surface area contributed by atoms with Gasteiger partial charge in [-0.05, 0) is 69.1 Å². The van der Waals surface area contributed by atoms with E-state index in [2.05, 4.69) is 33.8 Å². The van der Waals surface area contributed by atoms with Gasteiger partial charge in [0.25, 0.3) is 0 Å². The molecule has 2 aliphatic heterocycles. The van der Waals surface area contributed by atoms with Crippen LogP contribution in [0.25, 0.3) is 0 Å². The van der Waals surface area contributed by atoms with E-state index in [1.807, 2.05) is 12.4 Å².